The van der Waals surface area contributed by atoms with Crippen LogP contribution in [0, 0.1) is 5.41 Å². The van der Waals surface area contributed by atoms with E-state index in [0.29, 0.717) is 5.92 Å². The molecule has 1 saturated carbocycles. The van der Waals surface area contributed by atoms with Crippen molar-refractivity contribution in [3.8, 4) is 11.1 Å². The monoisotopic (exact) mass is 331 g/mol. The van der Waals surface area contributed by atoms with Gasteiger partial charge in [0, 0.05) is 23.4 Å². The van der Waals surface area contributed by atoms with E-state index in [2.05, 4.69) is 4.98 Å². The van der Waals surface area contributed by atoms with Gasteiger partial charge in [-0.15, -0.1) is 0 Å². The molecule has 2 aromatic rings. The Kier molecular flexibility index (Phi) is 4.43. The quantitative estimate of drug-likeness (QED) is 0.692. The largest absolute Gasteiger partial charge is 0.360 e. The van der Waals surface area contributed by atoms with Gasteiger partial charge in [-0.1, -0.05) is 51.1 Å². The zero-order valence-electron chi connectivity index (χ0n) is 14.4. The van der Waals surface area contributed by atoms with Crippen LogP contribution >= 0.6 is 0 Å². The van der Waals surface area contributed by atoms with E-state index in [-0.39, 0.29) is 6.61 Å². The average Bonchev–Trinajstić information content (AvgIpc) is 3.37. The lowest BCUT2D eigenvalue weighted by Gasteiger charge is -2.30. The standard InChI is InChI=1S/C20H23F2NO/c1-19(2,3)20(21,22)24-13-16-6-4-5-7-17(16)15-10-11-18(23-12-15)14-8-9-14/h4-7,10-12,14H,8-9,13H2,1-3H3. The first-order chi connectivity index (χ1) is 11.3. The van der Waals surface area contributed by atoms with E-state index in [9.17, 15) is 8.78 Å². The molecule has 4 heteroatoms. The molecule has 1 aromatic carbocycles. The summed E-state index contributed by atoms with van der Waals surface area (Å²) < 4.78 is 33.1. The number of aromatic nitrogens is 1. The van der Waals surface area contributed by atoms with Crippen LogP contribution in [0.2, 0.25) is 0 Å². The molecule has 0 spiro atoms. The summed E-state index contributed by atoms with van der Waals surface area (Å²) in [5.74, 6) is 0.600. The van der Waals surface area contributed by atoms with Crippen molar-refractivity contribution in [2.75, 3.05) is 0 Å². The minimum atomic E-state index is -3.19. The lowest BCUT2D eigenvalue weighted by Crippen LogP contribution is -2.36. The third-order valence-electron chi connectivity index (χ3n) is 4.39. The number of hydrogen-bond acceptors (Lipinski definition) is 2. The highest BCUT2D eigenvalue weighted by Gasteiger charge is 2.44. The fourth-order valence-corrected chi connectivity index (χ4v) is 2.50. The molecule has 1 aliphatic rings. The van der Waals surface area contributed by atoms with Crippen molar-refractivity contribution in [3.63, 3.8) is 0 Å². The van der Waals surface area contributed by atoms with Gasteiger partial charge in [-0.25, -0.2) is 0 Å². The number of nitrogens with zero attached hydrogens (tertiary/aromatic N) is 1. The second-order valence-corrected chi connectivity index (χ2v) is 7.46. The van der Waals surface area contributed by atoms with Crippen LogP contribution in [0.15, 0.2) is 42.6 Å². The zero-order chi connectivity index (χ0) is 17.4. The minimum Gasteiger partial charge on any atom is -0.315 e. The average molecular weight is 331 g/mol. The molecular formula is C20H23F2NO. The second-order valence-electron chi connectivity index (χ2n) is 7.46. The van der Waals surface area contributed by atoms with Gasteiger partial charge in [0.2, 0.25) is 0 Å². The summed E-state index contributed by atoms with van der Waals surface area (Å²) in [7, 11) is 0. The molecule has 0 unspecified atom stereocenters. The van der Waals surface area contributed by atoms with E-state index in [1.807, 2.05) is 42.6 Å². The second kappa shape index (κ2) is 6.25. The molecule has 0 amide bonds. The number of halogens is 2. The van der Waals surface area contributed by atoms with Crippen LogP contribution in [0.4, 0.5) is 8.78 Å². The van der Waals surface area contributed by atoms with Gasteiger partial charge in [-0.3, -0.25) is 4.98 Å². The van der Waals surface area contributed by atoms with E-state index < -0.39 is 11.5 Å². The van der Waals surface area contributed by atoms with Crippen molar-refractivity contribution in [3.05, 3.63) is 53.9 Å². The molecule has 2 nitrogen and oxygen atoms in total. The van der Waals surface area contributed by atoms with Crippen molar-refractivity contribution in [1.29, 1.82) is 0 Å². The van der Waals surface area contributed by atoms with E-state index in [1.54, 1.807) is 0 Å². The molecule has 0 N–H and O–H groups in total. The third kappa shape index (κ3) is 3.64. The Morgan fingerprint density at radius 3 is 2.38 bits per heavy atom. The predicted octanol–water partition coefficient (Wildman–Crippen LogP) is 5.78. The van der Waals surface area contributed by atoms with Crippen LogP contribution in [0.1, 0.15) is 50.8 Å². The minimum absolute atomic E-state index is 0.134. The highest BCUT2D eigenvalue weighted by molar-refractivity contribution is 5.66. The number of benzene rings is 1. The van der Waals surface area contributed by atoms with Crippen LogP contribution in [0.25, 0.3) is 11.1 Å². The third-order valence-corrected chi connectivity index (χ3v) is 4.39. The lowest BCUT2D eigenvalue weighted by molar-refractivity contribution is -0.300. The van der Waals surface area contributed by atoms with Crippen molar-refractivity contribution >= 4 is 0 Å². The Labute approximate surface area is 141 Å². The van der Waals surface area contributed by atoms with Crippen LogP contribution < -0.4 is 0 Å². The number of pyridine rings is 1. The van der Waals surface area contributed by atoms with Crippen LogP contribution in [0.3, 0.4) is 0 Å². The Balaban J connectivity index is 1.80. The first-order valence-electron chi connectivity index (χ1n) is 8.34. The van der Waals surface area contributed by atoms with Gasteiger partial charge < -0.3 is 4.74 Å². The summed E-state index contributed by atoms with van der Waals surface area (Å²) in [5.41, 5.74) is 2.43. The molecule has 3 rings (SSSR count). The molecule has 24 heavy (non-hydrogen) atoms. The van der Waals surface area contributed by atoms with Gasteiger partial charge >= 0.3 is 6.11 Å². The fourth-order valence-electron chi connectivity index (χ4n) is 2.50. The van der Waals surface area contributed by atoms with E-state index >= 15 is 0 Å². The summed E-state index contributed by atoms with van der Waals surface area (Å²) >= 11 is 0. The number of rotatable bonds is 5. The van der Waals surface area contributed by atoms with Gasteiger partial charge in [0.25, 0.3) is 0 Å². The Morgan fingerprint density at radius 2 is 1.79 bits per heavy atom. The topological polar surface area (TPSA) is 22.1 Å². The number of ether oxygens (including phenoxy) is 1. The first-order valence-corrected chi connectivity index (χ1v) is 8.34. The fraction of sp³-hybridized carbons (Fsp3) is 0.450. The molecule has 0 radical (unpaired) electrons. The van der Waals surface area contributed by atoms with E-state index in [4.69, 9.17) is 4.74 Å². The normalized spacial score (nSPS) is 15.5. The molecule has 128 valence electrons. The Hall–Kier alpha value is -1.81. The summed E-state index contributed by atoms with van der Waals surface area (Å²) in [4.78, 5) is 4.52. The van der Waals surface area contributed by atoms with Crippen molar-refractivity contribution in [2.24, 2.45) is 5.41 Å². The maximum Gasteiger partial charge on any atom is 0.360 e. The van der Waals surface area contributed by atoms with Gasteiger partial charge in [0.15, 0.2) is 0 Å². The van der Waals surface area contributed by atoms with Crippen molar-refractivity contribution in [2.45, 2.75) is 52.2 Å². The molecule has 0 saturated heterocycles. The molecule has 0 bridgehead atoms. The predicted molar refractivity (Wildman–Crippen MR) is 90.8 cm³/mol. The van der Waals surface area contributed by atoms with Gasteiger partial charge in [0.1, 0.15) is 0 Å². The zero-order valence-corrected chi connectivity index (χ0v) is 14.4. The Morgan fingerprint density at radius 1 is 1.08 bits per heavy atom. The lowest BCUT2D eigenvalue weighted by atomic mass is 9.95. The molecular weight excluding hydrogens is 308 g/mol. The van der Waals surface area contributed by atoms with E-state index in [0.717, 1.165) is 22.4 Å². The molecule has 1 heterocycles. The number of alkyl halides is 2. The molecule has 1 aliphatic carbocycles. The highest BCUT2D eigenvalue weighted by Crippen LogP contribution is 2.40. The molecule has 0 aliphatic heterocycles. The number of hydrogen-bond donors (Lipinski definition) is 0. The van der Waals surface area contributed by atoms with Crippen LogP contribution in [-0.4, -0.2) is 11.1 Å². The van der Waals surface area contributed by atoms with Crippen LogP contribution in [0.5, 0.6) is 0 Å². The summed E-state index contributed by atoms with van der Waals surface area (Å²) in [6.07, 6.45) is 1.06. The van der Waals surface area contributed by atoms with Gasteiger partial charge in [-0.05, 0) is 30.0 Å². The summed E-state index contributed by atoms with van der Waals surface area (Å²) in [5, 5.41) is 0. The molecule has 1 aromatic heterocycles. The SMILES string of the molecule is CC(C)(C)C(F)(F)OCc1ccccc1-c1ccc(C2CC2)nc1. The first kappa shape index (κ1) is 17.0. The molecule has 0 atom stereocenters. The maximum absolute atomic E-state index is 14.1. The maximum atomic E-state index is 14.1. The Bertz CT molecular complexity index is 700. The highest BCUT2D eigenvalue weighted by atomic mass is 19.3. The van der Waals surface area contributed by atoms with Crippen LogP contribution in [-0.2, 0) is 11.3 Å². The smallest absolute Gasteiger partial charge is 0.315 e. The molecule has 1 fully saturated rings. The van der Waals surface area contributed by atoms with Gasteiger partial charge in [-0.2, -0.15) is 8.78 Å². The van der Waals surface area contributed by atoms with Gasteiger partial charge in [0.05, 0.1) is 12.0 Å². The van der Waals surface area contributed by atoms with Crippen molar-refractivity contribution in [1.82, 2.24) is 4.98 Å². The van der Waals surface area contributed by atoms with Crippen molar-refractivity contribution < 1.29 is 13.5 Å². The summed E-state index contributed by atoms with van der Waals surface area (Å²) in [6, 6.07) is 11.5. The summed E-state index contributed by atoms with van der Waals surface area (Å²) in [6.45, 7) is 4.28. The van der Waals surface area contributed by atoms with E-state index in [1.165, 1.54) is 33.6 Å².